The average Bonchev–Trinajstić information content (AvgIpc) is 2.97. The molecule has 0 radical (unpaired) electrons. The molecule has 130 valence electrons. The first-order valence-corrected chi connectivity index (χ1v) is 9.30. The largest absolute Gasteiger partial charge is 0.309 e. The summed E-state index contributed by atoms with van der Waals surface area (Å²) in [6.07, 6.45) is 2.78. The zero-order valence-electron chi connectivity index (χ0n) is 14.5. The van der Waals surface area contributed by atoms with Gasteiger partial charge in [0.25, 0.3) is 5.91 Å². The minimum Gasteiger partial charge on any atom is -0.309 e. The Morgan fingerprint density at radius 2 is 1.92 bits per heavy atom. The van der Waals surface area contributed by atoms with E-state index in [1.165, 1.54) is 0 Å². The molecule has 0 N–H and O–H groups in total. The van der Waals surface area contributed by atoms with Crippen molar-refractivity contribution >= 4 is 44.3 Å². The highest BCUT2D eigenvalue weighted by atomic mass is 79.9. The molecular weight excluding hydrogens is 400 g/mol. The van der Waals surface area contributed by atoms with E-state index in [4.69, 9.17) is 11.6 Å². The molecule has 3 rings (SSSR count). The Morgan fingerprint density at radius 1 is 1.20 bits per heavy atom. The predicted molar refractivity (Wildman–Crippen MR) is 108 cm³/mol. The van der Waals surface area contributed by atoms with Crippen molar-refractivity contribution in [3.8, 4) is 0 Å². The van der Waals surface area contributed by atoms with Crippen molar-refractivity contribution in [3.63, 3.8) is 0 Å². The lowest BCUT2D eigenvalue weighted by Crippen LogP contribution is -2.15. The van der Waals surface area contributed by atoms with Crippen LogP contribution in [0.2, 0.25) is 5.02 Å². The van der Waals surface area contributed by atoms with Crippen molar-refractivity contribution < 1.29 is 4.79 Å². The molecule has 0 aliphatic rings. The van der Waals surface area contributed by atoms with Gasteiger partial charge in [0.2, 0.25) is 0 Å². The summed E-state index contributed by atoms with van der Waals surface area (Å²) in [7, 11) is 4.08. The number of benzene rings is 2. The molecule has 5 heteroatoms. The van der Waals surface area contributed by atoms with Crippen molar-refractivity contribution in [3.05, 3.63) is 68.8 Å². The van der Waals surface area contributed by atoms with Crippen LogP contribution in [0.25, 0.3) is 10.9 Å². The summed E-state index contributed by atoms with van der Waals surface area (Å²) < 4.78 is 2.53. The van der Waals surface area contributed by atoms with Crippen LogP contribution in [0.1, 0.15) is 21.5 Å². The second-order valence-electron chi connectivity index (χ2n) is 6.45. The molecule has 0 spiro atoms. The number of carbonyl (C=O) groups is 1. The van der Waals surface area contributed by atoms with Gasteiger partial charge in [0.15, 0.2) is 0 Å². The number of carbonyl (C=O) groups excluding carboxylic acids is 1. The van der Waals surface area contributed by atoms with E-state index in [1.54, 1.807) is 4.57 Å². The molecule has 0 aliphatic heterocycles. The summed E-state index contributed by atoms with van der Waals surface area (Å²) in [4.78, 5) is 15.3. The van der Waals surface area contributed by atoms with E-state index in [-0.39, 0.29) is 5.91 Å². The Hall–Kier alpha value is -1.62. The number of fused-ring (bicyclic) bond motifs is 1. The van der Waals surface area contributed by atoms with Crippen molar-refractivity contribution in [2.45, 2.75) is 13.3 Å². The SMILES string of the molecule is Cc1ccc(Cl)c2c(CCN(C)C)cn(C(=O)c3ccccc3Br)c12. The molecule has 3 aromatic rings. The minimum absolute atomic E-state index is 0.0565. The zero-order chi connectivity index (χ0) is 18.1. The van der Waals surface area contributed by atoms with E-state index in [2.05, 4.69) is 20.8 Å². The van der Waals surface area contributed by atoms with Crippen LogP contribution < -0.4 is 0 Å². The van der Waals surface area contributed by atoms with Gasteiger partial charge in [-0.3, -0.25) is 9.36 Å². The van der Waals surface area contributed by atoms with Crippen LogP contribution in [0.5, 0.6) is 0 Å². The van der Waals surface area contributed by atoms with Gasteiger partial charge in [-0.1, -0.05) is 29.8 Å². The summed E-state index contributed by atoms with van der Waals surface area (Å²) in [6.45, 7) is 2.91. The standard InChI is InChI=1S/C20H20BrClN2O/c1-13-8-9-17(22)18-14(10-11-23(2)3)12-24(19(13)18)20(25)15-6-4-5-7-16(15)21/h4-9,12H,10-11H2,1-3H3. The summed E-state index contributed by atoms with van der Waals surface area (Å²) in [5, 5.41) is 1.66. The van der Waals surface area contributed by atoms with Gasteiger partial charge in [0.05, 0.1) is 16.1 Å². The smallest absolute Gasteiger partial charge is 0.263 e. The Kier molecular flexibility index (Phi) is 5.32. The van der Waals surface area contributed by atoms with E-state index < -0.39 is 0 Å². The predicted octanol–water partition coefficient (Wildman–Crippen LogP) is 5.16. The maximum Gasteiger partial charge on any atom is 0.263 e. The Labute approximate surface area is 161 Å². The third-order valence-electron chi connectivity index (χ3n) is 4.33. The van der Waals surface area contributed by atoms with Gasteiger partial charge in [0.1, 0.15) is 0 Å². The maximum atomic E-state index is 13.2. The molecule has 25 heavy (non-hydrogen) atoms. The average molecular weight is 420 g/mol. The fourth-order valence-corrected chi connectivity index (χ4v) is 3.76. The van der Waals surface area contributed by atoms with Gasteiger partial charge in [-0.05, 0) is 72.7 Å². The van der Waals surface area contributed by atoms with Crippen molar-refractivity contribution in [2.75, 3.05) is 20.6 Å². The van der Waals surface area contributed by atoms with Gasteiger partial charge in [0, 0.05) is 22.6 Å². The van der Waals surface area contributed by atoms with Crippen molar-refractivity contribution in [1.82, 2.24) is 9.47 Å². The lowest BCUT2D eigenvalue weighted by molar-refractivity contribution is 0.0964. The monoisotopic (exact) mass is 418 g/mol. The van der Waals surface area contributed by atoms with E-state index in [9.17, 15) is 4.79 Å². The summed E-state index contributed by atoms with van der Waals surface area (Å²) >= 11 is 9.98. The Bertz CT molecular complexity index is 946. The van der Waals surface area contributed by atoms with Gasteiger partial charge in [-0.15, -0.1) is 0 Å². The fourth-order valence-electron chi connectivity index (χ4n) is 3.03. The topological polar surface area (TPSA) is 25.2 Å². The number of rotatable bonds is 4. The van der Waals surface area contributed by atoms with E-state index in [0.29, 0.717) is 10.6 Å². The minimum atomic E-state index is -0.0565. The van der Waals surface area contributed by atoms with Crippen LogP contribution >= 0.6 is 27.5 Å². The molecule has 3 nitrogen and oxygen atoms in total. The van der Waals surface area contributed by atoms with Gasteiger partial charge in [-0.2, -0.15) is 0 Å². The lowest BCUT2D eigenvalue weighted by Gasteiger charge is -2.09. The zero-order valence-corrected chi connectivity index (χ0v) is 16.9. The number of halogens is 2. The number of likely N-dealkylation sites (N-methyl/N-ethyl adjacent to an activating group) is 1. The van der Waals surface area contributed by atoms with E-state index in [0.717, 1.165) is 39.5 Å². The number of aryl methyl sites for hydroxylation is 1. The molecule has 0 saturated carbocycles. The first-order chi connectivity index (χ1) is 11.9. The molecule has 1 heterocycles. The summed E-state index contributed by atoms with van der Waals surface area (Å²) in [5.41, 5.74) is 3.66. The summed E-state index contributed by atoms with van der Waals surface area (Å²) in [6, 6.07) is 11.4. The normalized spacial score (nSPS) is 11.4. The highest BCUT2D eigenvalue weighted by molar-refractivity contribution is 9.10. The quantitative estimate of drug-likeness (QED) is 0.584. The summed E-state index contributed by atoms with van der Waals surface area (Å²) in [5.74, 6) is -0.0565. The van der Waals surface area contributed by atoms with Gasteiger partial charge < -0.3 is 4.90 Å². The van der Waals surface area contributed by atoms with Crippen LogP contribution in [0.15, 0.2) is 47.1 Å². The third-order valence-corrected chi connectivity index (χ3v) is 5.33. The second kappa shape index (κ2) is 7.32. The third kappa shape index (κ3) is 3.52. The number of hydrogen-bond acceptors (Lipinski definition) is 2. The Morgan fingerprint density at radius 3 is 2.60 bits per heavy atom. The fraction of sp³-hybridized carbons (Fsp3) is 0.250. The maximum absolute atomic E-state index is 13.2. The second-order valence-corrected chi connectivity index (χ2v) is 7.71. The molecule has 0 atom stereocenters. The van der Waals surface area contributed by atoms with Crippen molar-refractivity contribution in [1.29, 1.82) is 0 Å². The molecule has 0 saturated heterocycles. The highest BCUT2D eigenvalue weighted by Crippen LogP contribution is 2.32. The molecule has 1 aromatic heterocycles. The molecular formula is C20H20BrClN2O. The Balaban J connectivity index is 2.20. The van der Waals surface area contributed by atoms with Gasteiger partial charge in [-0.25, -0.2) is 0 Å². The van der Waals surface area contributed by atoms with Crippen LogP contribution in [0, 0.1) is 6.92 Å². The van der Waals surface area contributed by atoms with E-state index in [1.807, 2.05) is 63.6 Å². The molecule has 2 aromatic carbocycles. The van der Waals surface area contributed by atoms with Crippen LogP contribution in [0.3, 0.4) is 0 Å². The van der Waals surface area contributed by atoms with Crippen molar-refractivity contribution in [2.24, 2.45) is 0 Å². The number of hydrogen-bond donors (Lipinski definition) is 0. The highest BCUT2D eigenvalue weighted by Gasteiger charge is 2.20. The molecule has 0 unspecified atom stereocenters. The number of nitrogens with zero attached hydrogens (tertiary/aromatic N) is 2. The molecule has 0 amide bonds. The molecule has 0 bridgehead atoms. The van der Waals surface area contributed by atoms with Crippen LogP contribution in [0.4, 0.5) is 0 Å². The van der Waals surface area contributed by atoms with Gasteiger partial charge >= 0.3 is 0 Å². The lowest BCUT2D eigenvalue weighted by atomic mass is 10.1. The first kappa shape index (κ1) is 18.2. The van der Waals surface area contributed by atoms with Crippen LogP contribution in [-0.2, 0) is 6.42 Å². The van der Waals surface area contributed by atoms with E-state index >= 15 is 0 Å². The number of aromatic nitrogens is 1. The molecule has 0 fully saturated rings. The molecule has 0 aliphatic carbocycles. The first-order valence-electron chi connectivity index (χ1n) is 8.13. The van der Waals surface area contributed by atoms with Crippen LogP contribution in [-0.4, -0.2) is 36.0 Å².